The van der Waals surface area contributed by atoms with E-state index < -0.39 is 0 Å². The van der Waals surface area contributed by atoms with Crippen molar-refractivity contribution in [2.75, 3.05) is 5.32 Å². The minimum Gasteiger partial charge on any atom is -0.298 e. The van der Waals surface area contributed by atoms with E-state index in [1.54, 1.807) is 18.2 Å². The highest BCUT2D eigenvalue weighted by Crippen LogP contribution is 2.31. The van der Waals surface area contributed by atoms with Gasteiger partial charge in [-0.1, -0.05) is 85.6 Å². The molecule has 2 heterocycles. The number of thiazole rings is 1. The Kier molecular flexibility index (Phi) is 7.06. The number of anilines is 1. The molecular weight excluding hydrogens is 509 g/mol. The van der Waals surface area contributed by atoms with Gasteiger partial charge >= 0.3 is 0 Å². The highest BCUT2D eigenvalue weighted by Gasteiger charge is 2.16. The number of aromatic nitrogens is 2. The van der Waals surface area contributed by atoms with Gasteiger partial charge < -0.3 is 0 Å². The van der Waals surface area contributed by atoms with Gasteiger partial charge in [-0.15, -0.1) is 11.3 Å². The summed E-state index contributed by atoms with van der Waals surface area (Å²) in [5.74, 6) is 0.362. The molecule has 4 nitrogen and oxygen atoms in total. The summed E-state index contributed by atoms with van der Waals surface area (Å²) >= 11 is 13.7. The molecule has 0 aliphatic carbocycles. The van der Waals surface area contributed by atoms with E-state index in [4.69, 9.17) is 28.2 Å². The van der Waals surface area contributed by atoms with Crippen LogP contribution in [0.5, 0.6) is 0 Å². The normalized spacial score (nSPS) is 11.2. The van der Waals surface area contributed by atoms with Crippen molar-refractivity contribution in [1.82, 2.24) is 9.97 Å². The van der Waals surface area contributed by atoms with Gasteiger partial charge in [0.25, 0.3) is 5.91 Å². The molecule has 1 N–H and O–H groups in total. The molecule has 0 bridgehead atoms. The number of carbonyl (C=O) groups is 1. The summed E-state index contributed by atoms with van der Waals surface area (Å²) < 4.78 is 0. The van der Waals surface area contributed by atoms with Crippen molar-refractivity contribution >= 4 is 56.5 Å². The molecule has 0 atom stereocenters. The Morgan fingerprint density at radius 2 is 1.64 bits per heavy atom. The van der Waals surface area contributed by atoms with Crippen LogP contribution in [-0.2, 0) is 6.42 Å². The molecule has 0 spiro atoms. The molecule has 5 aromatic rings. The molecule has 0 aliphatic heterocycles. The summed E-state index contributed by atoms with van der Waals surface area (Å²) in [5, 5.41) is 7.13. The Labute approximate surface area is 224 Å². The molecule has 3 aromatic carbocycles. The average Bonchev–Trinajstić information content (AvgIpc) is 3.33. The first-order valence-corrected chi connectivity index (χ1v) is 13.2. The molecule has 0 aliphatic rings. The number of benzene rings is 3. The standard InChI is InChI=1S/C29H23Cl2N3OS/c1-17(2)13-18-7-9-19(10-8-18)27-16-36-29(33-27)34-28(35)22-15-26(20-11-12-23(30)24(31)14-20)32-25-6-4-3-5-21(22)25/h3-12,14-17H,13H2,1-2H3,(H,33,34,35). The van der Waals surface area contributed by atoms with Gasteiger partial charge in [0.1, 0.15) is 0 Å². The van der Waals surface area contributed by atoms with Gasteiger partial charge in [-0.25, -0.2) is 9.97 Å². The summed E-state index contributed by atoms with van der Waals surface area (Å²) in [6, 6.07) is 23.1. The highest BCUT2D eigenvalue weighted by atomic mass is 35.5. The zero-order valence-electron chi connectivity index (χ0n) is 19.8. The fourth-order valence-corrected chi connectivity index (χ4v) is 5.09. The van der Waals surface area contributed by atoms with Crippen molar-refractivity contribution in [2.45, 2.75) is 20.3 Å². The Morgan fingerprint density at radius 1 is 0.889 bits per heavy atom. The molecule has 0 fully saturated rings. The van der Waals surface area contributed by atoms with E-state index in [2.05, 4.69) is 48.4 Å². The maximum Gasteiger partial charge on any atom is 0.258 e. The lowest BCUT2D eigenvalue weighted by Gasteiger charge is -2.10. The maximum absolute atomic E-state index is 13.4. The molecule has 7 heteroatoms. The van der Waals surface area contributed by atoms with Gasteiger partial charge in [0.15, 0.2) is 5.13 Å². The number of carbonyl (C=O) groups excluding carboxylic acids is 1. The van der Waals surface area contributed by atoms with Crippen molar-refractivity contribution in [3.8, 4) is 22.5 Å². The lowest BCUT2D eigenvalue weighted by Crippen LogP contribution is -2.13. The first kappa shape index (κ1) is 24.4. The predicted molar refractivity (Wildman–Crippen MR) is 151 cm³/mol. The predicted octanol–water partition coefficient (Wildman–Crippen LogP) is 8.78. The fraction of sp³-hybridized carbons (Fsp3) is 0.138. The van der Waals surface area contributed by atoms with E-state index in [0.717, 1.165) is 28.6 Å². The van der Waals surface area contributed by atoms with Crippen molar-refractivity contribution in [3.05, 3.63) is 99.3 Å². The minimum absolute atomic E-state index is 0.247. The Balaban J connectivity index is 1.43. The largest absolute Gasteiger partial charge is 0.298 e. The number of fused-ring (bicyclic) bond motifs is 1. The number of hydrogen-bond acceptors (Lipinski definition) is 4. The van der Waals surface area contributed by atoms with Crippen LogP contribution in [0.3, 0.4) is 0 Å². The molecule has 0 unspecified atom stereocenters. The van der Waals surface area contributed by atoms with Gasteiger partial charge in [0.05, 0.1) is 32.5 Å². The van der Waals surface area contributed by atoms with Gasteiger partial charge in [0.2, 0.25) is 0 Å². The van der Waals surface area contributed by atoms with E-state index in [9.17, 15) is 4.79 Å². The first-order valence-electron chi connectivity index (χ1n) is 11.6. The quantitative estimate of drug-likeness (QED) is 0.238. The maximum atomic E-state index is 13.4. The summed E-state index contributed by atoms with van der Waals surface area (Å²) in [6.45, 7) is 4.42. The third kappa shape index (κ3) is 5.29. The molecule has 1 amide bonds. The third-order valence-electron chi connectivity index (χ3n) is 5.79. The van der Waals surface area contributed by atoms with Gasteiger partial charge in [-0.2, -0.15) is 0 Å². The molecular formula is C29H23Cl2N3OS. The van der Waals surface area contributed by atoms with Gasteiger partial charge in [0, 0.05) is 21.9 Å². The van der Waals surface area contributed by atoms with Crippen LogP contribution in [0.15, 0.2) is 78.2 Å². The smallest absolute Gasteiger partial charge is 0.258 e. The SMILES string of the molecule is CC(C)Cc1ccc(-c2csc(NC(=O)c3cc(-c4ccc(Cl)c(Cl)c4)nc4ccccc34)n2)cc1. The van der Waals surface area contributed by atoms with Crippen LogP contribution in [0.25, 0.3) is 33.4 Å². The molecule has 180 valence electrons. The van der Waals surface area contributed by atoms with Crippen molar-refractivity contribution in [2.24, 2.45) is 5.92 Å². The summed E-state index contributed by atoms with van der Waals surface area (Å²) in [6.07, 6.45) is 1.04. The van der Waals surface area contributed by atoms with Crippen LogP contribution in [0.1, 0.15) is 29.8 Å². The molecule has 0 radical (unpaired) electrons. The van der Waals surface area contributed by atoms with Crippen LogP contribution in [0.2, 0.25) is 10.0 Å². The van der Waals surface area contributed by atoms with Gasteiger partial charge in [-0.05, 0) is 42.2 Å². The van der Waals surface area contributed by atoms with Crippen LogP contribution in [-0.4, -0.2) is 15.9 Å². The third-order valence-corrected chi connectivity index (χ3v) is 7.29. The highest BCUT2D eigenvalue weighted by molar-refractivity contribution is 7.14. The zero-order valence-corrected chi connectivity index (χ0v) is 22.1. The minimum atomic E-state index is -0.247. The van der Waals surface area contributed by atoms with Crippen LogP contribution < -0.4 is 5.32 Å². The first-order chi connectivity index (χ1) is 17.4. The fourth-order valence-electron chi connectivity index (χ4n) is 4.08. The van der Waals surface area contributed by atoms with E-state index in [-0.39, 0.29) is 5.91 Å². The van der Waals surface area contributed by atoms with E-state index in [1.807, 2.05) is 35.7 Å². The van der Waals surface area contributed by atoms with E-state index >= 15 is 0 Å². The number of pyridine rings is 1. The molecule has 0 saturated carbocycles. The lowest BCUT2D eigenvalue weighted by atomic mass is 10.0. The zero-order chi connectivity index (χ0) is 25.2. The molecule has 0 saturated heterocycles. The topological polar surface area (TPSA) is 54.9 Å². The Hall–Kier alpha value is -3.25. The summed E-state index contributed by atoms with van der Waals surface area (Å²) in [7, 11) is 0. The second kappa shape index (κ2) is 10.4. The monoisotopic (exact) mass is 531 g/mol. The van der Waals surface area contributed by atoms with Crippen molar-refractivity contribution < 1.29 is 4.79 Å². The molecule has 5 rings (SSSR count). The van der Waals surface area contributed by atoms with Crippen LogP contribution in [0, 0.1) is 5.92 Å². The van der Waals surface area contributed by atoms with Crippen LogP contribution >= 0.6 is 34.5 Å². The molecule has 2 aromatic heterocycles. The second-order valence-corrected chi connectivity index (χ2v) is 10.7. The number of amides is 1. The van der Waals surface area contributed by atoms with Crippen molar-refractivity contribution in [3.63, 3.8) is 0 Å². The van der Waals surface area contributed by atoms with E-state index in [0.29, 0.717) is 37.9 Å². The number of rotatable bonds is 6. The van der Waals surface area contributed by atoms with Gasteiger partial charge in [-0.3, -0.25) is 10.1 Å². The Bertz CT molecular complexity index is 1560. The number of nitrogens with zero attached hydrogens (tertiary/aromatic N) is 2. The van der Waals surface area contributed by atoms with E-state index in [1.165, 1.54) is 16.9 Å². The van der Waals surface area contributed by atoms with Crippen molar-refractivity contribution in [1.29, 1.82) is 0 Å². The average molecular weight is 532 g/mol. The summed E-state index contributed by atoms with van der Waals surface area (Å²) in [4.78, 5) is 22.8. The number of nitrogens with one attached hydrogen (secondary N) is 1. The Morgan fingerprint density at radius 3 is 2.39 bits per heavy atom. The summed E-state index contributed by atoms with van der Waals surface area (Å²) in [5.41, 5.74) is 5.81. The second-order valence-electron chi connectivity index (χ2n) is 8.99. The molecule has 36 heavy (non-hydrogen) atoms. The number of hydrogen-bond donors (Lipinski definition) is 1. The number of para-hydroxylation sites is 1. The number of halogens is 2. The van der Waals surface area contributed by atoms with Crippen LogP contribution in [0.4, 0.5) is 5.13 Å². The lowest BCUT2D eigenvalue weighted by molar-refractivity contribution is 0.102.